The van der Waals surface area contributed by atoms with Crippen molar-refractivity contribution in [1.29, 1.82) is 0 Å². The van der Waals surface area contributed by atoms with E-state index in [1.807, 2.05) is 0 Å². The van der Waals surface area contributed by atoms with E-state index in [0.29, 0.717) is 13.2 Å². The molecule has 0 amide bonds. The molecule has 2 N–H and O–H groups in total. The van der Waals surface area contributed by atoms with Gasteiger partial charge >= 0.3 is 0 Å². The van der Waals surface area contributed by atoms with E-state index in [2.05, 4.69) is 33.0 Å². The van der Waals surface area contributed by atoms with Crippen molar-refractivity contribution in [2.24, 2.45) is 10.8 Å². The molecule has 0 radical (unpaired) electrons. The third-order valence-electron chi connectivity index (χ3n) is 3.51. The highest BCUT2D eigenvalue weighted by Crippen LogP contribution is 2.49. The second-order valence-corrected chi connectivity index (χ2v) is 7.25. The zero-order valence-corrected chi connectivity index (χ0v) is 12.1. The van der Waals surface area contributed by atoms with Crippen molar-refractivity contribution < 1.29 is 9.84 Å². The fraction of sp³-hybridized carbons (Fsp3) is 1.00. The van der Waals surface area contributed by atoms with Crippen LogP contribution < -0.4 is 5.32 Å². The maximum atomic E-state index is 10.7. The molecule has 0 unspecified atom stereocenters. The molecule has 1 aliphatic rings. The second-order valence-electron chi connectivity index (χ2n) is 7.25. The number of methoxy groups -OCH3 is 1. The summed E-state index contributed by atoms with van der Waals surface area (Å²) in [5.41, 5.74) is -0.127. The van der Waals surface area contributed by atoms with Gasteiger partial charge in [0, 0.05) is 20.2 Å². The second kappa shape index (κ2) is 5.25. The molecular weight excluding hydrogens is 214 g/mol. The Morgan fingerprint density at radius 2 is 1.59 bits per heavy atom. The molecule has 0 atom stereocenters. The highest BCUT2D eigenvalue weighted by atomic mass is 16.5. The van der Waals surface area contributed by atoms with E-state index >= 15 is 0 Å². The highest BCUT2D eigenvalue weighted by Gasteiger charge is 2.45. The van der Waals surface area contributed by atoms with Crippen LogP contribution in [0.3, 0.4) is 0 Å². The Morgan fingerprint density at radius 1 is 1.06 bits per heavy atom. The van der Waals surface area contributed by atoms with Crippen LogP contribution in [0.5, 0.6) is 0 Å². The van der Waals surface area contributed by atoms with Gasteiger partial charge in [0.2, 0.25) is 0 Å². The molecule has 0 aromatic heterocycles. The first-order chi connectivity index (χ1) is 7.68. The van der Waals surface area contributed by atoms with Crippen molar-refractivity contribution in [1.82, 2.24) is 5.32 Å². The molecule has 3 heteroatoms. The van der Waals surface area contributed by atoms with Gasteiger partial charge in [-0.3, -0.25) is 0 Å². The SMILES string of the molecule is COCCNCC1(O)CC(C)(C)CC(C)(C)C1. The summed E-state index contributed by atoms with van der Waals surface area (Å²) in [5, 5.41) is 14.0. The lowest BCUT2D eigenvalue weighted by molar-refractivity contribution is -0.0840. The van der Waals surface area contributed by atoms with Gasteiger partial charge in [-0.25, -0.2) is 0 Å². The van der Waals surface area contributed by atoms with Gasteiger partial charge in [0.15, 0.2) is 0 Å². The molecule has 3 nitrogen and oxygen atoms in total. The quantitative estimate of drug-likeness (QED) is 0.727. The first kappa shape index (κ1) is 14.9. The summed E-state index contributed by atoms with van der Waals surface area (Å²) in [6.45, 7) is 11.2. The minimum atomic E-state index is -0.570. The predicted octanol–water partition coefficient (Wildman–Crippen LogP) is 2.19. The average Bonchev–Trinajstić information content (AvgIpc) is 2.06. The Balaban J connectivity index is 2.55. The lowest BCUT2D eigenvalue weighted by Crippen LogP contribution is -2.51. The first-order valence-corrected chi connectivity index (χ1v) is 6.60. The van der Waals surface area contributed by atoms with Crippen molar-refractivity contribution in [2.45, 2.75) is 52.6 Å². The highest BCUT2D eigenvalue weighted by molar-refractivity contribution is 4.98. The molecule has 0 aliphatic heterocycles. The molecule has 1 aliphatic carbocycles. The third-order valence-corrected chi connectivity index (χ3v) is 3.51. The Hall–Kier alpha value is -0.120. The first-order valence-electron chi connectivity index (χ1n) is 6.60. The molecule has 17 heavy (non-hydrogen) atoms. The smallest absolute Gasteiger partial charge is 0.0781 e. The van der Waals surface area contributed by atoms with Crippen molar-refractivity contribution in [2.75, 3.05) is 26.8 Å². The third kappa shape index (κ3) is 4.94. The summed E-state index contributed by atoms with van der Waals surface area (Å²) >= 11 is 0. The van der Waals surface area contributed by atoms with E-state index in [4.69, 9.17) is 4.74 Å². The molecule has 0 aromatic rings. The van der Waals surface area contributed by atoms with Gasteiger partial charge in [-0.05, 0) is 30.1 Å². The van der Waals surface area contributed by atoms with Crippen molar-refractivity contribution in [3.05, 3.63) is 0 Å². The molecule has 0 bridgehead atoms. The summed E-state index contributed by atoms with van der Waals surface area (Å²) in [6, 6.07) is 0. The monoisotopic (exact) mass is 243 g/mol. The largest absolute Gasteiger partial charge is 0.389 e. The number of nitrogens with one attached hydrogen (secondary N) is 1. The van der Waals surface area contributed by atoms with E-state index in [-0.39, 0.29) is 10.8 Å². The van der Waals surface area contributed by atoms with Gasteiger partial charge in [0.25, 0.3) is 0 Å². The van der Waals surface area contributed by atoms with Crippen molar-refractivity contribution >= 4 is 0 Å². The number of hydrogen-bond acceptors (Lipinski definition) is 3. The van der Waals surface area contributed by atoms with Crippen LogP contribution in [-0.4, -0.2) is 37.5 Å². The van der Waals surface area contributed by atoms with Gasteiger partial charge in [0.1, 0.15) is 0 Å². The molecule has 0 heterocycles. The molecule has 1 rings (SSSR count). The van der Waals surface area contributed by atoms with Crippen LogP contribution in [0, 0.1) is 10.8 Å². The van der Waals surface area contributed by atoms with Crippen molar-refractivity contribution in [3.63, 3.8) is 0 Å². The molecule has 1 fully saturated rings. The van der Waals surface area contributed by atoms with Crippen LogP contribution in [0.2, 0.25) is 0 Å². The molecule has 102 valence electrons. The van der Waals surface area contributed by atoms with E-state index in [1.165, 1.54) is 6.42 Å². The Labute approximate surface area is 106 Å². The van der Waals surface area contributed by atoms with Crippen LogP contribution in [-0.2, 0) is 4.74 Å². The molecule has 0 spiro atoms. The zero-order valence-electron chi connectivity index (χ0n) is 12.1. The maximum Gasteiger partial charge on any atom is 0.0781 e. The van der Waals surface area contributed by atoms with E-state index in [1.54, 1.807) is 7.11 Å². The summed E-state index contributed by atoms with van der Waals surface area (Å²) in [4.78, 5) is 0. The van der Waals surface area contributed by atoms with Gasteiger partial charge < -0.3 is 15.2 Å². The molecule has 1 saturated carbocycles. The fourth-order valence-electron chi connectivity index (χ4n) is 3.88. The number of ether oxygens (including phenoxy) is 1. The van der Waals surface area contributed by atoms with Crippen LogP contribution in [0.15, 0.2) is 0 Å². The molecular formula is C14H29NO2. The number of rotatable bonds is 5. The minimum Gasteiger partial charge on any atom is -0.389 e. The summed E-state index contributed by atoms with van der Waals surface area (Å²) in [5.74, 6) is 0. The Morgan fingerprint density at radius 3 is 2.06 bits per heavy atom. The lowest BCUT2D eigenvalue weighted by atomic mass is 9.59. The minimum absolute atomic E-state index is 0.222. The number of hydrogen-bond donors (Lipinski definition) is 2. The van der Waals surface area contributed by atoms with Crippen LogP contribution in [0.1, 0.15) is 47.0 Å². The maximum absolute atomic E-state index is 10.7. The fourth-order valence-corrected chi connectivity index (χ4v) is 3.88. The van der Waals surface area contributed by atoms with E-state index in [9.17, 15) is 5.11 Å². The van der Waals surface area contributed by atoms with Crippen LogP contribution >= 0.6 is 0 Å². The van der Waals surface area contributed by atoms with Crippen molar-refractivity contribution in [3.8, 4) is 0 Å². The Bertz CT molecular complexity index is 233. The lowest BCUT2D eigenvalue weighted by Gasteiger charge is -2.49. The summed E-state index contributed by atoms with van der Waals surface area (Å²) in [6.07, 6.45) is 2.94. The average molecular weight is 243 g/mol. The summed E-state index contributed by atoms with van der Waals surface area (Å²) in [7, 11) is 1.70. The van der Waals surface area contributed by atoms with Crippen LogP contribution in [0.25, 0.3) is 0 Å². The standard InChI is InChI=1S/C14H29NO2/c1-12(2)8-13(3,4)10-14(16,9-12)11-15-6-7-17-5/h15-16H,6-11H2,1-5H3. The zero-order chi connectivity index (χ0) is 13.2. The Kier molecular flexibility index (Phi) is 4.61. The van der Waals surface area contributed by atoms with Gasteiger partial charge in [-0.1, -0.05) is 27.7 Å². The van der Waals surface area contributed by atoms with Crippen LogP contribution in [0.4, 0.5) is 0 Å². The van der Waals surface area contributed by atoms with Gasteiger partial charge in [-0.15, -0.1) is 0 Å². The predicted molar refractivity (Wildman–Crippen MR) is 71.1 cm³/mol. The number of aliphatic hydroxyl groups is 1. The van der Waals surface area contributed by atoms with Gasteiger partial charge in [0.05, 0.1) is 12.2 Å². The normalized spacial score (nSPS) is 25.8. The topological polar surface area (TPSA) is 41.5 Å². The molecule has 0 aromatic carbocycles. The summed E-state index contributed by atoms with van der Waals surface area (Å²) < 4.78 is 5.00. The van der Waals surface area contributed by atoms with E-state index < -0.39 is 5.60 Å². The molecule has 0 saturated heterocycles. The van der Waals surface area contributed by atoms with E-state index in [0.717, 1.165) is 19.4 Å². The van der Waals surface area contributed by atoms with Gasteiger partial charge in [-0.2, -0.15) is 0 Å².